The molecule has 2 N–H and O–H groups in total. The van der Waals surface area contributed by atoms with Crippen molar-refractivity contribution in [2.24, 2.45) is 11.8 Å². The highest BCUT2D eigenvalue weighted by atomic mass is 35.5. The van der Waals surface area contributed by atoms with Gasteiger partial charge in [-0.15, -0.1) is 23.2 Å². The summed E-state index contributed by atoms with van der Waals surface area (Å²) in [5.74, 6) is -7.94. The molecule has 3 saturated carbocycles. The summed E-state index contributed by atoms with van der Waals surface area (Å²) in [5.41, 5.74) is 0. The van der Waals surface area contributed by atoms with Crippen LogP contribution in [0.3, 0.4) is 0 Å². The molecule has 2 bridgehead atoms. The Balaban J connectivity index is 2.09. The molecule has 0 aromatic rings. The third-order valence-corrected chi connectivity index (χ3v) is 7.31. The molecule has 4 fully saturated rings. The number of fused-ring (bicyclic) bond motifs is 2. The van der Waals surface area contributed by atoms with Crippen LogP contribution in [0, 0.1) is 11.8 Å². The molecule has 4 aliphatic rings. The highest BCUT2D eigenvalue weighted by Crippen LogP contribution is 2.79. The molecule has 21 heavy (non-hydrogen) atoms. The number of alkyl halides is 2. The topological polar surface area (TPSA) is 85.2 Å². The van der Waals surface area contributed by atoms with Gasteiger partial charge in [-0.05, 0) is 12.8 Å². The second-order valence-electron chi connectivity index (χ2n) is 6.34. The van der Waals surface area contributed by atoms with Crippen molar-refractivity contribution < 1.29 is 29.2 Å². The molecule has 0 unspecified atom stereocenters. The van der Waals surface area contributed by atoms with Gasteiger partial charge in [0.1, 0.15) is 0 Å². The average molecular weight is 339 g/mol. The number of Topliss-reactive ketones (excluding diaryl/α,β-unsaturated/α-hetero) is 1. The maximum Gasteiger partial charge on any atom is 0.256 e. The van der Waals surface area contributed by atoms with Gasteiger partial charge in [0.25, 0.3) is 5.79 Å². The van der Waals surface area contributed by atoms with Crippen LogP contribution in [0.2, 0.25) is 0 Å². The Labute approximate surface area is 131 Å². The lowest BCUT2D eigenvalue weighted by atomic mass is 9.67. The molecule has 6 nitrogen and oxygen atoms in total. The number of carbonyl (C=O) groups is 1. The Morgan fingerprint density at radius 3 is 2.48 bits per heavy atom. The van der Waals surface area contributed by atoms with E-state index in [4.69, 9.17) is 37.4 Å². The van der Waals surface area contributed by atoms with Gasteiger partial charge >= 0.3 is 0 Å². The largest absolute Gasteiger partial charge is 0.365 e. The van der Waals surface area contributed by atoms with Crippen molar-refractivity contribution >= 4 is 29.0 Å². The average Bonchev–Trinajstić information content (AvgIpc) is 2.78. The first-order valence-corrected chi connectivity index (χ1v) is 7.63. The fourth-order valence-electron chi connectivity index (χ4n) is 5.27. The van der Waals surface area contributed by atoms with E-state index >= 15 is 0 Å². The standard InChI is InChI=1S/C13H16Cl2O6/c1-19-13(20-2)10(14)6-4-3-5-9(17)7(6)11(13,15)12(18,21-9)8(10)16/h6-7,17-18H,3-5H2,1-2H3/t6-,7-,9+,10-,11+,12-/m1/s1. The summed E-state index contributed by atoms with van der Waals surface area (Å²) in [7, 11) is 2.64. The summed E-state index contributed by atoms with van der Waals surface area (Å²) in [4.78, 5) is 9.35. The SMILES string of the molecule is COC1(OC)[C@]2(Cl)[C@@H]3[C@H]4CCC[C@]3(O)O[C@]2(O)C(=O)[C@]41Cl. The fraction of sp³-hybridized carbons (Fsp3) is 0.923. The summed E-state index contributed by atoms with van der Waals surface area (Å²) in [6.45, 7) is 0. The van der Waals surface area contributed by atoms with Gasteiger partial charge in [-0.2, -0.15) is 0 Å². The number of ether oxygens (including phenoxy) is 3. The summed E-state index contributed by atoms with van der Waals surface area (Å²) in [6.07, 6.45) is 1.45. The van der Waals surface area contributed by atoms with E-state index in [9.17, 15) is 15.0 Å². The summed E-state index contributed by atoms with van der Waals surface area (Å²) < 4.78 is 16.3. The zero-order valence-corrected chi connectivity index (χ0v) is 13.1. The number of halogens is 2. The van der Waals surface area contributed by atoms with Crippen molar-refractivity contribution in [1.29, 1.82) is 0 Å². The van der Waals surface area contributed by atoms with Crippen molar-refractivity contribution in [3.05, 3.63) is 0 Å². The van der Waals surface area contributed by atoms with Gasteiger partial charge in [-0.25, -0.2) is 0 Å². The minimum Gasteiger partial charge on any atom is -0.365 e. The zero-order chi connectivity index (χ0) is 15.5. The first-order valence-electron chi connectivity index (χ1n) is 6.87. The Kier molecular flexibility index (Phi) is 2.50. The molecule has 1 saturated heterocycles. The minimum atomic E-state index is -2.43. The van der Waals surface area contributed by atoms with E-state index in [0.717, 1.165) is 0 Å². The molecule has 8 heteroatoms. The lowest BCUT2D eigenvalue weighted by molar-refractivity contribution is -0.298. The van der Waals surface area contributed by atoms with Crippen LogP contribution >= 0.6 is 23.2 Å². The van der Waals surface area contributed by atoms with E-state index in [0.29, 0.717) is 12.8 Å². The third-order valence-electron chi connectivity index (χ3n) is 5.87. The molecule has 118 valence electrons. The van der Waals surface area contributed by atoms with Gasteiger partial charge in [0.15, 0.2) is 15.5 Å². The first kappa shape index (κ1) is 14.6. The van der Waals surface area contributed by atoms with Gasteiger partial charge in [0.05, 0.1) is 0 Å². The molecular formula is C13H16Cl2O6. The lowest BCUT2D eigenvalue weighted by Gasteiger charge is -2.40. The fourth-order valence-corrected chi connectivity index (χ4v) is 6.74. The second-order valence-corrected chi connectivity index (χ2v) is 7.54. The van der Waals surface area contributed by atoms with Crippen LogP contribution in [-0.4, -0.2) is 57.3 Å². The summed E-state index contributed by atoms with van der Waals surface area (Å²) in [6, 6.07) is 0. The van der Waals surface area contributed by atoms with Crippen LogP contribution in [0.1, 0.15) is 19.3 Å². The van der Waals surface area contributed by atoms with Crippen molar-refractivity contribution in [3.8, 4) is 0 Å². The minimum absolute atomic E-state index is 0.273. The predicted octanol–water partition coefficient (Wildman–Crippen LogP) is 0.351. The van der Waals surface area contributed by atoms with E-state index < -0.39 is 44.7 Å². The Hall–Kier alpha value is 0.0500. The number of carbonyl (C=O) groups excluding carboxylic acids is 1. The van der Waals surface area contributed by atoms with Crippen molar-refractivity contribution in [2.45, 2.75) is 46.4 Å². The van der Waals surface area contributed by atoms with Crippen LogP contribution in [-0.2, 0) is 19.0 Å². The molecule has 0 spiro atoms. The van der Waals surface area contributed by atoms with Crippen molar-refractivity contribution in [2.75, 3.05) is 14.2 Å². The summed E-state index contributed by atoms with van der Waals surface area (Å²) in [5, 5.41) is 21.6. The van der Waals surface area contributed by atoms with E-state index in [-0.39, 0.29) is 6.42 Å². The van der Waals surface area contributed by atoms with E-state index in [1.165, 1.54) is 14.2 Å². The molecule has 3 aliphatic carbocycles. The molecule has 4 rings (SSSR count). The molecular weight excluding hydrogens is 323 g/mol. The van der Waals surface area contributed by atoms with Gasteiger partial charge in [-0.3, -0.25) is 4.79 Å². The highest BCUT2D eigenvalue weighted by Gasteiger charge is 3.00. The third kappa shape index (κ3) is 1.02. The van der Waals surface area contributed by atoms with E-state index in [2.05, 4.69) is 0 Å². The highest BCUT2D eigenvalue weighted by molar-refractivity contribution is 6.44. The van der Waals surface area contributed by atoms with Gasteiger partial charge in [0.2, 0.25) is 11.6 Å². The molecule has 0 aromatic heterocycles. The van der Waals surface area contributed by atoms with Gasteiger partial charge < -0.3 is 24.4 Å². The number of rotatable bonds is 2. The maximum atomic E-state index is 12.8. The van der Waals surface area contributed by atoms with Crippen LogP contribution in [0.5, 0.6) is 0 Å². The smallest absolute Gasteiger partial charge is 0.256 e. The number of hydrogen-bond donors (Lipinski definition) is 2. The number of hydrogen-bond acceptors (Lipinski definition) is 6. The van der Waals surface area contributed by atoms with Gasteiger partial charge in [0, 0.05) is 32.5 Å². The van der Waals surface area contributed by atoms with Crippen molar-refractivity contribution in [3.63, 3.8) is 0 Å². The quantitative estimate of drug-likeness (QED) is 0.558. The number of methoxy groups -OCH3 is 2. The Morgan fingerprint density at radius 2 is 1.90 bits per heavy atom. The van der Waals surface area contributed by atoms with Crippen molar-refractivity contribution in [1.82, 2.24) is 0 Å². The Bertz CT molecular complexity index is 553. The number of aliphatic hydroxyl groups is 2. The molecule has 0 aromatic carbocycles. The van der Waals surface area contributed by atoms with Crippen LogP contribution in [0.4, 0.5) is 0 Å². The van der Waals surface area contributed by atoms with E-state index in [1.54, 1.807) is 0 Å². The molecule has 1 aliphatic heterocycles. The second kappa shape index (κ2) is 3.59. The molecule has 6 atom stereocenters. The molecule has 0 radical (unpaired) electrons. The Morgan fingerprint density at radius 1 is 1.29 bits per heavy atom. The van der Waals surface area contributed by atoms with E-state index in [1.807, 2.05) is 0 Å². The van der Waals surface area contributed by atoms with Crippen LogP contribution < -0.4 is 0 Å². The normalized spacial score (nSPS) is 59.8. The monoisotopic (exact) mass is 338 g/mol. The molecule has 0 amide bonds. The molecule has 1 heterocycles. The summed E-state index contributed by atoms with van der Waals surface area (Å²) >= 11 is 13.4. The number of ketones is 1. The van der Waals surface area contributed by atoms with Gasteiger partial charge in [-0.1, -0.05) is 0 Å². The first-order chi connectivity index (χ1) is 9.69. The maximum absolute atomic E-state index is 12.8. The predicted molar refractivity (Wildman–Crippen MR) is 70.7 cm³/mol. The zero-order valence-electron chi connectivity index (χ0n) is 11.6. The lowest BCUT2D eigenvalue weighted by Crippen LogP contribution is -2.60. The van der Waals surface area contributed by atoms with Crippen LogP contribution in [0.25, 0.3) is 0 Å². The van der Waals surface area contributed by atoms with Crippen LogP contribution in [0.15, 0.2) is 0 Å².